The molecule has 1 fully saturated rings. The molecule has 0 aromatic heterocycles. The molecule has 1 heteroatoms. The number of hydrogen-bond acceptors (Lipinski definition) is 0. The second kappa shape index (κ2) is 2.98. The second-order valence-corrected chi connectivity index (χ2v) is 3.97. The Labute approximate surface area is 75.8 Å². The highest BCUT2D eigenvalue weighted by molar-refractivity contribution is 9.10. The molecule has 0 aliphatic heterocycles. The van der Waals surface area contributed by atoms with Crippen LogP contribution in [0, 0.1) is 5.92 Å². The van der Waals surface area contributed by atoms with E-state index in [4.69, 9.17) is 0 Å². The summed E-state index contributed by atoms with van der Waals surface area (Å²) in [6, 6.07) is 8.60. The van der Waals surface area contributed by atoms with E-state index in [-0.39, 0.29) is 0 Å². The molecule has 2 rings (SSSR count). The molecule has 0 N–H and O–H groups in total. The Morgan fingerprint density at radius 3 is 2.27 bits per heavy atom. The number of rotatable bonds is 2. The average Bonchev–Trinajstić information content (AvgIpc) is 2.78. The van der Waals surface area contributed by atoms with Crippen molar-refractivity contribution < 1.29 is 0 Å². The fraction of sp³-hybridized carbons (Fsp3) is 0.300. The van der Waals surface area contributed by atoms with Crippen molar-refractivity contribution in [3.05, 3.63) is 40.2 Å². The van der Waals surface area contributed by atoms with Gasteiger partial charge in [-0.1, -0.05) is 28.1 Å². The summed E-state index contributed by atoms with van der Waals surface area (Å²) in [5, 5.41) is 0. The molecular weight excluding hydrogens is 200 g/mol. The molecule has 0 bridgehead atoms. The highest BCUT2D eigenvalue weighted by Crippen LogP contribution is 2.35. The van der Waals surface area contributed by atoms with E-state index in [1.54, 1.807) is 5.92 Å². The lowest BCUT2D eigenvalue weighted by Crippen LogP contribution is -1.83. The smallest absolute Gasteiger partial charge is 0.0175 e. The van der Waals surface area contributed by atoms with Crippen LogP contribution in [-0.2, 0) is 6.42 Å². The summed E-state index contributed by atoms with van der Waals surface area (Å²) < 4.78 is 1.17. The van der Waals surface area contributed by atoms with E-state index in [0.29, 0.717) is 0 Å². The molecule has 1 saturated carbocycles. The zero-order valence-electron chi connectivity index (χ0n) is 6.31. The van der Waals surface area contributed by atoms with Gasteiger partial charge in [-0.2, -0.15) is 0 Å². The maximum atomic E-state index is 3.42. The normalized spacial score (nSPS) is 16.8. The molecule has 0 unspecified atom stereocenters. The molecule has 1 radical (unpaired) electrons. The van der Waals surface area contributed by atoms with Crippen LogP contribution in [0.15, 0.2) is 28.7 Å². The van der Waals surface area contributed by atoms with Crippen LogP contribution in [0.5, 0.6) is 0 Å². The van der Waals surface area contributed by atoms with Crippen LogP contribution in [0.3, 0.4) is 0 Å². The molecule has 0 saturated heterocycles. The Morgan fingerprint density at radius 2 is 1.73 bits per heavy atom. The third kappa shape index (κ3) is 2.06. The quantitative estimate of drug-likeness (QED) is 0.702. The van der Waals surface area contributed by atoms with Crippen molar-refractivity contribution in [2.45, 2.75) is 19.3 Å². The Kier molecular flexibility index (Phi) is 1.99. The van der Waals surface area contributed by atoms with Gasteiger partial charge in [0.15, 0.2) is 0 Å². The van der Waals surface area contributed by atoms with Crippen molar-refractivity contribution in [3.8, 4) is 0 Å². The van der Waals surface area contributed by atoms with Crippen molar-refractivity contribution in [1.29, 1.82) is 0 Å². The van der Waals surface area contributed by atoms with Crippen LogP contribution in [0.1, 0.15) is 18.4 Å². The highest BCUT2D eigenvalue weighted by Gasteiger charge is 2.21. The minimum absolute atomic E-state index is 1.17. The second-order valence-electron chi connectivity index (χ2n) is 3.05. The zero-order valence-corrected chi connectivity index (χ0v) is 7.89. The van der Waals surface area contributed by atoms with E-state index in [2.05, 4.69) is 40.2 Å². The standard InChI is InChI=1S/C10H10Br/c11-10-5-3-9(4-6-10)7-8-1-2-8/h3-6H,1-2,7H2. The van der Waals surface area contributed by atoms with Crippen molar-refractivity contribution in [2.75, 3.05) is 0 Å². The first-order valence-corrected chi connectivity index (χ1v) is 4.72. The predicted molar refractivity (Wildman–Crippen MR) is 50.3 cm³/mol. The topological polar surface area (TPSA) is 0 Å². The van der Waals surface area contributed by atoms with Crippen LogP contribution in [0.25, 0.3) is 0 Å². The first-order chi connectivity index (χ1) is 5.34. The predicted octanol–water partition coefficient (Wildman–Crippen LogP) is 3.36. The molecule has 57 valence electrons. The molecule has 1 aromatic rings. The van der Waals surface area contributed by atoms with Gasteiger partial charge in [-0.15, -0.1) is 0 Å². The van der Waals surface area contributed by atoms with Gasteiger partial charge in [-0.25, -0.2) is 0 Å². The van der Waals surface area contributed by atoms with Crippen molar-refractivity contribution in [3.63, 3.8) is 0 Å². The summed E-state index contributed by atoms with van der Waals surface area (Å²) in [6.45, 7) is 0. The van der Waals surface area contributed by atoms with Crippen molar-refractivity contribution in [2.24, 2.45) is 0 Å². The van der Waals surface area contributed by atoms with Gasteiger partial charge in [0.2, 0.25) is 0 Å². The maximum absolute atomic E-state index is 3.42. The summed E-state index contributed by atoms with van der Waals surface area (Å²) in [5.41, 5.74) is 1.45. The Balaban J connectivity index is 2.06. The van der Waals surface area contributed by atoms with E-state index in [9.17, 15) is 0 Å². The molecule has 0 amide bonds. The lowest BCUT2D eigenvalue weighted by Gasteiger charge is -1.97. The largest absolute Gasteiger partial charge is 0.0579 e. The number of halogens is 1. The first-order valence-electron chi connectivity index (χ1n) is 3.92. The molecule has 1 aliphatic carbocycles. The third-order valence-corrected chi connectivity index (χ3v) is 2.50. The molecule has 11 heavy (non-hydrogen) atoms. The summed E-state index contributed by atoms with van der Waals surface area (Å²) in [4.78, 5) is 0. The Morgan fingerprint density at radius 1 is 1.09 bits per heavy atom. The van der Waals surface area contributed by atoms with E-state index in [0.717, 1.165) is 0 Å². The van der Waals surface area contributed by atoms with E-state index in [1.807, 2.05) is 0 Å². The highest BCUT2D eigenvalue weighted by atomic mass is 79.9. The summed E-state index contributed by atoms with van der Waals surface area (Å²) in [7, 11) is 0. The molecule has 1 aromatic carbocycles. The zero-order chi connectivity index (χ0) is 7.68. The molecule has 0 nitrogen and oxygen atoms in total. The summed E-state index contributed by atoms with van der Waals surface area (Å²) >= 11 is 3.42. The van der Waals surface area contributed by atoms with Gasteiger partial charge in [0.1, 0.15) is 0 Å². The van der Waals surface area contributed by atoms with E-state index >= 15 is 0 Å². The summed E-state index contributed by atoms with van der Waals surface area (Å²) in [6.07, 6.45) is 3.92. The van der Waals surface area contributed by atoms with Gasteiger partial charge in [0.25, 0.3) is 0 Å². The fourth-order valence-corrected chi connectivity index (χ4v) is 1.42. The molecule has 1 aliphatic rings. The van der Waals surface area contributed by atoms with Crippen LogP contribution < -0.4 is 0 Å². The van der Waals surface area contributed by atoms with Crippen LogP contribution in [0.4, 0.5) is 0 Å². The molecular formula is C10H10Br. The van der Waals surface area contributed by atoms with Crippen LogP contribution in [-0.4, -0.2) is 0 Å². The van der Waals surface area contributed by atoms with E-state index in [1.165, 1.54) is 29.3 Å². The SMILES string of the molecule is Brc1ccc(C[C]2CC2)cc1. The van der Waals surface area contributed by atoms with Gasteiger partial charge in [-0.05, 0) is 42.9 Å². The van der Waals surface area contributed by atoms with Gasteiger partial charge in [-0.3, -0.25) is 0 Å². The monoisotopic (exact) mass is 209 g/mol. The van der Waals surface area contributed by atoms with Gasteiger partial charge in [0.05, 0.1) is 0 Å². The molecule has 0 heterocycles. The number of benzene rings is 1. The fourth-order valence-electron chi connectivity index (χ4n) is 1.16. The first kappa shape index (κ1) is 7.35. The Bertz CT molecular complexity index is 234. The Hall–Kier alpha value is -0.300. The summed E-state index contributed by atoms with van der Waals surface area (Å²) in [5.74, 6) is 1.70. The van der Waals surface area contributed by atoms with Crippen LogP contribution >= 0.6 is 15.9 Å². The van der Waals surface area contributed by atoms with Crippen LogP contribution in [0.2, 0.25) is 0 Å². The third-order valence-electron chi connectivity index (χ3n) is 1.97. The van der Waals surface area contributed by atoms with Gasteiger partial charge < -0.3 is 0 Å². The molecule has 0 spiro atoms. The average molecular weight is 210 g/mol. The van der Waals surface area contributed by atoms with E-state index < -0.39 is 0 Å². The van der Waals surface area contributed by atoms with Crippen molar-refractivity contribution in [1.82, 2.24) is 0 Å². The molecule has 0 atom stereocenters. The van der Waals surface area contributed by atoms with Gasteiger partial charge >= 0.3 is 0 Å². The minimum Gasteiger partial charge on any atom is -0.0579 e. The lowest BCUT2D eigenvalue weighted by molar-refractivity contribution is 1.11. The van der Waals surface area contributed by atoms with Gasteiger partial charge in [0, 0.05) is 4.47 Å². The minimum atomic E-state index is 1.17. The lowest BCUT2D eigenvalue weighted by atomic mass is 10.1. The number of hydrogen-bond donors (Lipinski definition) is 0. The van der Waals surface area contributed by atoms with Crippen molar-refractivity contribution >= 4 is 15.9 Å². The maximum Gasteiger partial charge on any atom is 0.0175 e.